The molecule has 1 spiro atoms. The van der Waals surface area contributed by atoms with Gasteiger partial charge in [-0.05, 0) is 49.3 Å². The van der Waals surface area contributed by atoms with Gasteiger partial charge in [0.05, 0.1) is 18.2 Å². The van der Waals surface area contributed by atoms with Crippen molar-refractivity contribution in [2.24, 2.45) is 5.41 Å². The minimum absolute atomic E-state index is 0.0830. The molecule has 0 radical (unpaired) electrons. The average Bonchev–Trinajstić information content (AvgIpc) is 3.43. The fourth-order valence-corrected chi connectivity index (χ4v) is 5.97. The first-order valence-electron chi connectivity index (χ1n) is 12.5. The van der Waals surface area contributed by atoms with Crippen LogP contribution < -0.4 is 4.74 Å². The van der Waals surface area contributed by atoms with E-state index in [0.717, 1.165) is 24.2 Å². The van der Waals surface area contributed by atoms with Gasteiger partial charge in [-0.3, -0.25) is 24.1 Å². The number of rotatable bonds is 5. The summed E-state index contributed by atoms with van der Waals surface area (Å²) in [4.78, 5) is 61.3. The summed E-state index contributed by atoms with van der Waals surface area (Å²) < 4.78 is 5.13. The van der Waals surface area contributed by atoms with Crippen LogP contribution in [0.1, 0.15) is 63.7 Å². The van der Waals surface area contributed by atoms with E-state index < -0.39 is 17.9 Å². The summed E-state index contributed by atoms with van der Waals surface area (Å²) in [5, 5.41) is 0.199. The van der Waals surface area contributed by atoms with Crippen LogP contribution >= 0.6 is 11.6 Å². The lowest BCUT2D eigenvalue weighted by atomic mass is 9.77. The second-order valence-electron chi connectivity index (χ2n) is 9.97. The average molecular weight is 525 g/mol. The molecule has 1 unspecified atom stereocenters. The molecule has 5 rings (SSSR count). The molecule has 37 heavy (non-hydrogen) atoms. The van der Waals surface area contributed by atoms with E-state index in [1.54, 1.807) is 40.1 Å². The number of methoxy groups -OCH3 is 1. The number of fused-ring (bicyclic) bond motifs is 1. The molecule has 9 nitrogen and oxygen atoms in total. The number of pyridine rings is 1. The molecule has 194 valence electrons. The van der Waals surface area contributed by atoms with E-state index in [-0.39, 0.29) is 28.3 Å². The normalized spacial score (nSPS) is 19.4. The zero-order valence-corrected chi connectivity index (χ0v) is 21.7. The van der Waals surface area contributed by atoms with E-state index in [1.807, 2.05) is 6.92 Å². The number of piperidine rings is 1. The second kappa shape index (κ2) is 9.78. The van der Waals surface area contributed by atoms with Crippen molar-refractivity contribution in [1.82, 2.24) is 19.7 Å². The van der Waals surface area contributed by atoms with Crippen molar-refractivity contribution in [2.45, 2.75) is 38.6 Å². The second-order valence-corrected chi connectivity index (χ2v) is 10.4. The van der Waals surface area contributed by atoms with E-state index in [0.29, 0.717) is 49.3 Å². The van der Waals surface area contributed by atoms with Crippen molar-refractivity contribution in [3.05, 3.63) is 58.2 Å². The zero-order valence-electron chi connectivity index (χ0n) is 20.9. The lowest BCUT2D eigenvalue weighted by molar-refractivity contribution is -0.135. The summed E-state index contributed by atoms with van der Waals surface area (Å²) in [6.45, 7) is 4.09. The van der Waals surface area contributed by atoms with Crippen LogP contribution in [0, 0.1) is 5.41 Å². The Kier molecular flexibility index (Phi) is 6.66. The molecule has 1 aromatic heterocycles. The highest BCUT2D eigenvalue weighted by molar-refractivity contribution is 6.29. The number of aromatic nitrogens is 1. The van der Waals surface area contributed by atoms with Crippen LogP contribution in [0.3, 0.4) is 0 Å². The van der Waals surface area contributed by atoms with Crippen LogP contribution in [-0.2, 0) is 4.79 Å². The van der Waals surface area contributed by atoms with Crippen molar-refractivity contribution in [1.29, 1.82) is 0 Å². The number of carbonyl (C=O) groups is 4. The van der Waals surface area contributed by atoms with Gasteiger partial charge in [0.15, 0.2) is 0 Å². The molecule has 0 N–H and O–H groups in total. The first-order chi connectivity index (χ1) is 17.8. The lowest BCUT2D eigenvalue weighted by Gasteiger charge is -2.39. The van der Waals surface area contributed by atoms with Gasteiger partial charge in [0, 0.05) is 37.8 Å². The molecule has 3 aliphatic rings. The molecule has 0 aliphatic carbocycles. The van der Waals surface area contributed by atoms with Crippen LogP contribution in [0.5, 0.6) is 5.88 Å². The van der Waals surface area contributed by atoms with Gasteiger partial charge in [0.2, 0.25) is 11.8 Å². The van der Waals surface area contributed by atoms with Crippen molar-refractivity contribution >= 4 is 35.2 Å². The number of nitrogens with zero attached hydrogens (tertiary/aromatic N) is 4. The predicted octanol–water partition coefficient (Wildman–Crippen LogP) is 3.27. The minimum Gasteiger partial charge on any atom is -0.481 e. The van der Waals surface area contributed by atoms with Gasteiger partial charge in [-0.1, -0.05) is 30.7 Å². The third kappa shape index (κ3) is 4.45. The number of amides is 4. The fraction of sp³-hybridized carbons (Fsp3) is 0.444. The summed E-state index contributed by atoms with van der Waals surface area (Å²) in [6.07, 6.45) is 2.72. The highest BCUT2D eigenvalue weighted by atomic mass is 35.5. The monoisotopic (exact) mass is 524 g/mol. The third-order valence-corrected chi connectivity index (χ3v) is 8.09. The van der Waals surface area contributed by atoms with Gasteiger partial charge in [-0.15, -0.1) is 0 Å². The molecule has 1 aromatic carbocycles. The Balaban J connectivity index is 1.24. The molecule has 2 saturated heterocycles. The number of hydrogen-bond donors (Lipinski definition) is 0. The van der Waals surface area contributed by atoms with Gasteiger partial charge in [0.25, 0.3) is 17.7 Å². The highest BCUT2D eigenvalue weighted by Gasteiger charge is 2.47. The Labute approximate surface area is 220 Å². The smallest absolute Gasteiger partial charge is 0.262 e. The van der Waals surface area contributed by atoms with Crippen molar-refractivity contribution in [3.63, 3.8) is 0 Å². The summed E-state index contributed by atoms with van der Waals surface area (Å²) in [5.74, 6) is -0.840. The summed E-state index contributed by atoms with van der Waals surface area (Å²) in [5.41, 5.74) is 1.05. The van der Waals surface area contributed by atoms with Crippen LogP contribution in [0.2, 0.25) is 5.15 Å². The first-order valence-corrected chi connectivity index (χ1v) is 12.9. The number of benzene rings is 1. The number of halogens is 1. The van der Waals surface area contributed by atoms with Gasteiger partial charge >= 0.3 is 0 Å². The Morgan fingerprint density at radius 3 is 2.19 bits per heavy atom. The quantitative estimate of drug-likeness (QED) is 0.439. The number of likely N-dealkylation sites (tertiary alicyclic amines) is 2. The molecular formula is C27H29ClN4O5. The van der Waals surface area contributed by atoms with Crippen LogP contribution in [0.4, 0.5) is 0 Å². The Morgan fingerprint density at radius 1 is 1.03 bits per heavy atom. The summed E-state index contributed by atoms with van der Waals surface area (Å²) in [6, 6.07) is 8.99. The number of hydrogen-bond acceptors (Lipinski definition) is 6. The summed E-state index contributed by atoms with van der Waals surface area (Å²) >= 11 is 6.04. The standard InChI is InChI=1S/C27H29ClN4O5/c1-3-20(32-24(34)18-6-4-5-7-19(18)25(32)35)26(36)31-13-10-27(16-31)8-11-30(12-9-27)23(33)17-14-21(28)29-22(15-17)37-2/h4-7,14-15,20H,3,8-13,16H2,1-2H3. The number of carbonyl (C=O) groups excluding carboxylic acids is 4. The molecule has 4 amide bonds. The molecule has 10 heteroatoms. The summed E-state index contributed by atoms with van der Waals surface area (Å²) in [7, 11) is 1.47. The first kappa shape index (κ1) is 25.2. The van der Waals surface area contributed by atoms with Gasteiger partial charge in [-0.25, -0.2) is 4.98 Å². The lowest BCUT2D eigenvalue weighted by Crippen LogP contribution is -2.51. The molecular weight excluding hydrogens is 496 g/mol. The fourth-order valence-electron chi connectivity index (χ4n) is 5.77. The Hall–Kier alpha value is -3.46. The number of ether oxygens (including phenoxy) is 1. The molecule has 1 atom stereocenters. The van der Waals surface area contributed by atoms with Gasteiger partial charge < -0.3 is 14.5 Å². The molecule has 2 fully saturated rings. The largest absolute Gasteiger partial charge is 0.481 e. The minimum atomic E-state index is -0.823. The van der Waals surface area contributed by atoms with Crippen molar-refractivity contribution < 1.29 is 23.9 Å². The van der Waals surface area contributed by atoms with Crippen LogP contribution in [-0.4, -0.2) is 82.6 Å². The van der Waals surface area contributed by atoms with Crippen molar-refractivity contribution in [2.75, 3.05) is 33.3 Å². The third-order valence-electron chi connectivity index (χ3n) is 7.90. The topological polar surface area (TPSA) is 100 Å². The Morgan fingerprint density at radius 2 is 1.62 bits per heavy atom. The van der Waals surface area contributed by atoms with Crippen LogP contribution in [0.15, 0.2) is 36.4 Å². The van der Waals surface area contributed by atoms with Crippen LogP contribution in [0.25, 0.3) is 0 Å². The molecule has 4 heterocycles. The predicted molar refractivity (Wildman–Crippen MR) is 136 cm³/mol. The Bertz CT molecular complexity index is 1240. The van der Waals surface area contributed by atoms with E-state index in [9.17, 15) is 19.2 Å². The molecule has 2 aromatic rings. The van der Waals surface area contributed by atoms with Gasteiger partial charge in [0.1, 0.15) is 11.2 Å². The molecule has 3 aliphatic heterocycles. The van der Waals surface area contributed by atoms with Gasteiger partial charge in [-0.2, -0.15) is 0 Å². The van der Waals surface area contributed by atoms with E-state index >= 15 is 0 Å². The van der Waals surface area contributed by atoms with E-state index in [4.69, 9.17) is 16.3 Å². The van der Waals surface area contributed by atoms with E-state index in [2.05, 4.69) is 4.98 Å². The SMILES string of the molecule is CCC(C(=O)N1CCC2(CCN(C(=O)c3cc(Cl)nc(OC)c3)CC2)C1)N1C(=O)c2ccccc2C1=O. The maximum absolute atomic E-state index is 13.6. The molecule has 0 bridgehead atoms. The zero-order chi connectivity index (χ0) is 26.3. The van der Waals surface area contributed by atoms with Crippen molar-refractivity contribution in [3.8, 4) is 5.88 Å². The molecule has 0 saturated carbocycles. The van der Waals surface area contributed by atoms with E-state index in [1.165, 1.54) is 13.2 Å². The number of imide groups is 1. The maximum Gasteiger partial charge on any atom is 0.262 e. The highest BCUT2D eigenvalue weighted by Crippen LogP contribution is 2.41. The maximum atomic E-state index is 13.6.